The Bertz CT molecular complexity index is 1080. The highest BCUT2D eigenvalue weighted by Gasteiger charge is 2.30. The molecule has 1 fully saturated rings. The molecule has 0 spiro atoms. The fourth-order valence-electron chi connectivity index (χ4n) is 3.76. The predicted octanol–water partition coefficient (Wildman–Crippen LogP) is 4.75. The molecular weight excluding hydrogens is 431 g/mol. The number of aryl methyl sites for hydroxylation is 1. The summed E-state index contributed by atoms with van der Waals surface area (Å²) < 4.78 is 40.0. The van der Waals surface area contributed by atoms with E-state index in [0.717, 1.165) is 44.5 Å². The molecule has 0 saturated carbocycles. The molecule has 0 bridgehead atoms. The number of pyridine rings is 1. The number of nitrogens with one attached hydrogen (secondary N) is 2. The van der Waals surface area contributed by atoms with Crippen molar-refractivity contribution in [2.75, 3.05) is 18.4 Å². The first-order valence-corrected chi connectivity index (χ1v) is 10.4. The summed E-state index contributed by atoms with van der Waals surface area (Å²) in [5.74, 6) is 0.0712. The number of rotatable bonds is 5. The van der Waals surface area contributed by atoms with Crippen LogP contribution in [0.25, 0.3) is 11.2 Å². The second kappa shape index (κ2) is 8.84. The lowest BCUT2D eigenvalue weighted by atomic mass is 9.95. The lowest BCUT2D eigenvalue weighted by molar-refractivity contribution is -0.137. The Morgan fingerprint density at radius 1 is 1.19 bits per heavy atom. The van der Waals surface area contributed by atoms with Crippen molar-refractivity contribution in [2.24, 2.45) is 5.92 Å². The molecule has 1 aliphatic heterocycles. The van der Waals surface area contributed by atoms with Crippen molar-refractivity contribution in [1.29, 1.82) is 0 Å². The molecule has 3 heterocycles. The van der Waals surface area contributed by atoms with Crippen LogP contribution in [0.1, 0.15) is 35.2 Å². The third-order valence-electron chi connectivity index (χ3n) is 5.53. The van der Waals surface area contributed by atoms with Crippen LogP contribution in [0.4, 0.5) is 18.9 Å². The zero-order chi connectivity index (χ0) is 22.0. The summed E-state index contributed by atoms with van der Waals surface area (Å²) in [6.07, 6.45) is 1.79. The van der Waals surface area contributed by atoms with Crippen LogP contribution in [0.3, 0.4) is 0 Å². The van der Waals surface area contributed by atoms with Gasteiger partial charge in [0.2, 0.25) is 0 Å². The number of benzene rings is 1. The maximum Gasteiger partial charge on any atom is 0.416 e. The van der Waals surface area contributed by atoms with Crippen molar-refractivity contribution < 1.29 is 18.0 Å². The molecule has 1 aliphatic rings. The van der Waals surface area contributed by atoms with E-state index in [0.29, 0.717) is 23.6 Å². The molecule has 3 aromatic rings. The van der Waals surface area contributed by atoms with Crippen LogP contribution in [0.2, 0.25) is 5.02 Å². The number of imidazole rings is 1. The zero-order valence-corrected chi connectivity index (χ0v) is 17.3. The number of piperidine rings is 1. The van der Waals surface area contributed by atoms with Crippen LogP contribution in [-0.2, 0) is 12.7 Å². The van der Waals surface area contributed by atoms with Gasteiger partial charge in [-0.05, 0) is 62.5 Å². The van der Waals surface area contributed by atoms with Gasteiger partial charge in [-0.1, -0.05) is 11.6 Å². The summed E-state index contributed by atoms with van der Waals surface area (Å²) in [7, 11) is 0. The van der Waals surface area contributed by atoms with Gasteiger partial charge in [0.05, 0.1) is 22.5 Å². The summed E-state index contributed by atoms with van der Waals surface area (Å²) in [6.45, 7) is 2.75. The Kier molecular flexibility index (Phi) is 6.15. The van der Waals surface area contributed by atoms with Gasteiger partial charge in [0, 0.05) is 18.4 Å². The SMILES string of the molecule is O=C(Nc1ccc(C(F)(F)F)cc1)c1cnc2ncn(CCC3CCNCC3)c2c1Cl. The van der Waals surface area contributed by atoms with Crippen LogP contribution < -0.4 is 10.6 Å². The normalized spacial score (nSPS) is 15.4. The number of halogens is 4. The zero-order valence-electron chi connectivity index (χ0n) is 16.5. The largest absolute Gasteiger partial charge is 0.416 e. The molecule has 2 aromatic heterocycles. The summed E-state index contributed by atoms with van der Waals surface area (Å²) in [4.78, 5) is 21.2. The second-order valence-electron chi connectivity index (χ2n) is 7.61. The van der Waals surface area contributed by atoms with E-state index in [2.05, 4.69) is 20.6 Å². The van der Waals surface area contributed by atoms with Crippen LogP contribution >= 0.6 is 11.6 Å². The van der Waals surface area contributed by atoms with Gasteiger partial charge in [0.15, 0.2) is 5.65 Å². The van der Waals surface area contributed by atoms with Gasteiger partial charge >= 0.3 is 6.18 Å². The molecule has 1 aromatic carbocycles. The van der Waals surface area contributed by atoms with E-state index in [9.17, 15) is 18.0 Å². The Morgan fingerprint density at radius 2 is 1.90 bits per heavy atom. The molecule has 0 radical (unpaired) electrons. The fourth-order valence-corrected chi connectivity index (χ4v) is 4.09. The highest BCUT2D eigenvalue weighted by Crippen LogP contribution is 2.31. The van der Waals surface area contributed by atoms with Crippen molar-refractivity contribution in [1.82, 2.24) is 19.9 Å². The molecule has 0 aliphatic carbocycles. The van der Waals surface area contributed by atoms with Crippen molar-refractivity contribution in [3.8, 4) is 0 Å². The smallest absolute Gasteiger partial charge is 0.328 e. The number of aromatic nitrogens is 3. The van der Waals surface area contributed by atoms with E-state index in [1.54, 1.807) is 6.33 Å². The topological polar surface area (TPSA) is 71.8 Å². The van der Waals surface area contributed by atoms with Gasteiger partial charge < -0.3 is 15.2 Å². The minimum atomic E-state index is -4.44. The number of hydrogen-bond donors (Lipinski definition) is 2. The van der Waals surface area contributed by atoms with E-state index in [4.69, 9.17) is 11.6 Å². The van der Waals surface area contributed by atoms with E-state index >= 15 is 0 Å². The van der Waals surface area contributed by atoms with Gasteiger partial charge in [0.1, 0.15) is 5.52 Å². The number of amides is 1. The Hall–Kier alpha value is -2.65. The molecule has 6 nitrogen and oxygen atoms in total. The number of carbonyl (C=O) groups is 1. The van der Waals surface area contributed by atoms with Crippen LogP contribution in [0.5, 0.6) is 0 Å². The summed E-state index contributed by atoms with van der Waals surface area (Å²) >= 11 is 6.54. The summed E-state index contributed by atoms with van der Waals surface area (Å²) in [5.41, 5.74) is 0.604. The van der Waals surface area contributed by atoms with Gasteiger partial charge in [0.25, 0.3) is 5.91 Å². The van der Waals surface area contributed by atoms with E-state index in [-0.39, 0.29) is 16.3 Å². The van der Waals surface area contributed by atoms with Gasteiger partial charge in [-0.3, -0.25) is 4.79 Å². The molecule has 1 saturated heterocycles. The first-order chi connectivity index (χ1) is 14.8. The summed E-state index contributed by atoms with van der Waals surface area (Å²) in [6, 6.07) is 4.22. The van der Waals surface area contributed by atoms with Crippen molar-refractivity contribution in [2.45, 2.75) is 32.0 Å². The van der Waals surface area contributed by atoms with Crippen LogP contribution in [0.15, 0.2) is 36.8 Å². The maximum atomic E-state index is 12.7. The molecule has 1 amide bonds. The predicted molar refractivity (Wildman–Crippen MR) is 112 cm³/mol. The number of anilines is 1. The highest BCUT2D eigenvalue weighted by atomic mass is 35.5. The minimum absolute atomic E-state index is 0.137. The molecule has 31 heavy (non-hydrogen) atoms. The van der Waals surface area contributed by atoms with Crippen molar-refractivity contribution >= 4 is 34.4 Å². The third kappa shape index (κ3) is 4.83. The van der Waals surface area contributed by atoms with Crippen molar-refractivity contribution in [3.63, 3.8) is 0 Å². The highest BCUT2D eigenvalue weighted by molar-refractivity contribution is 6.38. The quantitative estimate of drug-likeness (QED) is 0.587. The number of carbonyl (C=O) groups excluding carboxylic acids is 1. The maximum absolute atomic E-state index is 12.7. The summed E-state index contributed by atoms with van der Waals surface area (Å²) in [5, 5.41) is 6.14. The molecule has 10 heteroatoms. The van der Waals surface area contributed by atoms with E-state index < -0.39 is 17.6 Å². The van der Waals surface area contributed by atoms with Gasteiger partial charge in [-0.25, -0.2) is 9.97 Å². The number of hydrogen-bond acceptors (Lipinski definition) is 4. The minimum Gasteiger partial charge on any atom is -0.328 e. The Balaban J connectivity index is 1.52. The average molecular weight is 452 g/mol. The Labute approximate surface area is 181 Å². The number of fused-ring (bicyclic) bond motifs is 1. The van der Waals surface area contributed by atoms with Gasteiger partial charge in [-0.15, -0.1) is 0 Å². The second-order valence-corrected chi connectivity index (χ2v) is 7.99. The van der Waals surface area contributed by atoms with E-state index in [1.165, 1.54) is 18.3 Å². The average Bonchev–Trinajstić information content (AvgIpc) is 3.17. The fraction of sp³-hybridized carbons (Fsp3) is 0.381. The van der Waals surface area contributed by atoms with E-state index in [1.807, 2.05) is 4.57 Å². The van der Waals surface area contributed by atoms with Crippen molar-refractivity contribution in [3.05, 3.63) is 52.9 Å². The molecule has 0 unspecified atom stereocenters. The van der Waals surface area contributed by atoms with Gasteiger partial charge in [-0.2, -0.15) is 13.2 Å². The molecule has 164 valence electrons. The number of alkyl halides is 3. The Morgan fingerprint density at radius 3 is 2.58 bits per heavy atom. The number of nitrogens with zero attached hydrogens (tertiary/aromatic N) is 3. The molecule has 0 atom stereocenters. The lowest BCUT2D eigenvalue weighted by Crippen LogP contribution is -2.28. The standard InChI is InChI=1S/C21H21ClF3N5O/c22-17-16(20(31)29-15-3-1-14(2-4-15)21(23,24)25)11-27-19-18(17)30(12-28-19)10-7-13-5-8-26-9-6-13/h1-4,11-13,26H,5-10H2,(H,29,31). The first-order valence-electron chi connectivity index (χ1n) is 10.0. The first kappa shape index (κ1) is 21.6. The van der Waals surface area contributed by atoms with Crippen LogP contribution in [-0.4, -0.2) is 33.5 Å². The lowest BCUT2D eigenvalue weighted by Gasteiger charge is -2.22. The molecular formula is C21H21ClF3N5O. The molecule has 4 rings (SSSR count). The van der Waals surface area contributed by atoms with Crippen LogP contribution in [0, 0.1) is 5.92 Å². The monoisotopic (exact) mass is 451 g/mol. The molecule has 2 N–H and O–H groups in total. The third-order valence-corrected chi connectivity index (χ3v) is 5.91.